The summed E-state index contributed by atoms with van der Waals surface area (Å²) in [6.07, 6.45) is 6.77. The standard InChI is InChI=1S/C18H26O.C2H6/c1-5-15-6-8-17(9-7-15)19-18-11-14(4)10-16(12-18)13(2)3;1-2/h10-12,15,17H,2,5-9H2,1,3-4H3;1-2H3. The third-order valence-electron chi connectivity index (χ3n) is 4.22. The van der Waals surface area contributed by atoms with Crippen molar-refractivity contribution in [2.45, 2.75) is 72.8 Å². The van der Waals surface area contributed by atoms with Crippen molar-refractivity contribution in [3.63, 3.8) is 0 Å². The first kappa shape index (κ1) is 17.8. The van der Waals surface area contributed by atoms with E-state index in [0.29, 0.717) is 6.10 Å². The molecular formula is C20H32O. The van der Waals surface area contributed by atoms with Crippen molar-refractivity contribution in [1.82, 2.24) is 0 Å². The van der Waals surface area contributed by atoms with Gasteiger partial charge in [0, 0.05) is 0 Å². The highest BCUT2D eigenvalue weighted by atomic mass is 16.5. The summed E-state index contributed by atoms with van der Waals surface area (Å²) in [7, 11) is 0. The lowest BCUT2D eigenvalue weighted by atomic mass is 9.86. The van der Waals surface area contributed by atoms with Gasteiger partial charge >= 0.3 is 0 Å². The van der Waals surface area contributed by atoms with E-state index in [9.17, 15) is 0 Å². The van der Waals surface area contributed by atoms with Crippen LogP contribution in [-0.4, -0.2) is 6.10 Å². The first-order chi connectivity index (χ1) is 10.1. The summed E-state index contributed by atoms with van der Waals surface area (Å²) in [6, 6.07) is 6.43. The van der Waals surface area contributed by atoms with Crippen LogP contribution in [0.2, 0.25) is 0 Å². The molecule has 2 rings (SSSR count). The van der Waals surface area contributed by atoms with Crippen molar-refractivity contribution in [3.8, 4) is 5.75 Å². The SMILES string of the molecule is C=C(C)c1cc(C)cc(OC2CCC(CC)CC2)c1.CC. The van der Waals surface area contributed by atoms with Crippen molar-refractivity contribution in [2.75, 3.05) is 0 Å². The second-order valence-electron chi connectivity index (χ2n) is 5.98. The minimum absolute atomic E-state index is 0.405. The number of rotatable bonds is 4. The van der Waals surface area contributed by atoms with E-state index in [1.807, 2.05) is 20.8 Å². The number of ether oxygens (including phenoxy) is 1. The van der Waals surface area contributed by atoms with Crippen molar-refractivity contribution >= 4 is 5.57 Å². The van der Waals surface area contributed by atoms with E-state index in [-0.39, 0.29) is 0 Å². The highest BCUT2D eigenvalue weighted by molar-refractivity contribution is 5.63. The van der Waals surface area contributed by atoms with Gasteiger partial charge < -0.3 is 4.74 Å². The van der Waals surface area contributed by atoms with Crippen molar-refractivity contribution < 1.29 is 4.74 Å². The molecule has 1 aliphatic carbocycles. The number of benzene rings is 1. The quantitative estimate of drug-likeness (QED) is 0.622. The average molecular weight is 288 g/mol. The van der Waals surface area contributed by atoms with Gasteiger partial charge in [0.15, 0.2) is 0 Å². The van der Waals surface area contributed by atoms with Gasteiger partial charge in [0.25, 0.3) is 0 Å². The Bertz CT molecular complexity index is 439. The van der Waals surface area contributed by atoms with Crippen LogP contribution in [0.1, 0.15) is 70.9 Å². The van der Waals surface area contributed by atoms with Crippen LogP contribution >= 0.6 is 0 Å². The third-order valence-corrected chi connectivity index (χ3v) is 4.22. The summed E-state index contributed by atoms with van der Waals surface area (Å²) < 4.78 is 6.18. The molecule has 1 heteroatoms. The first-order valence-electron chi connectivity index (χ1n) is 8.52. The molecule has 1 aromatic rings. The summed E-state index contributed by atoms with van der Waals surface area (Å²) in [5.74, 6) is 1.93. The van der Waals surface area contributed by atoms with Gasteiger partial charge in [-0.2, -0.15) is 0 Å². The Balaban J connectivity index is 0.00000106. The highest BCUT2D eigenvalue weighted by Crippen LogP contribution is 2.30. The summed E-state index contributed by atoms with van der Waals surface area (Å²) in [5, 5.41) is 0. The monoisotopic (exact) mass is 288 g/mol. The fourth-order valence-electron chi connectivity index (χ4n) is 2.91. The van der Waals surface area contributed by atoms with E-state index in [1.165, 1.54) is 43.2 Å². The molecule has 1 aromatic carbocycles. The average Bonchev–Trinajstić information content (AvgIpc) is 2.49. The molecule has 1 fully saturated rings. The molecule has 0 aromatic heterocycles. The molecule has 0 spiro atoms. The maximum Gasteiger partial charge on any atom is 0.120 e. The van der Waals surface area contributed by atoms with Crippen LogP contribution in [0, 0.1) is 12.8 Å². The Kier molecular flexibility index (Phi) is 7.56. The van der Waals surface area contributed by atoms with Gasteiger partial charge in [0.05, 0.1) is 6.10 Å². The molecule has 118 valence electrons. The van der Waals surface area contributed by atoms with E-state index >= 15 is 0 Å². The number of hydrogen-bond donors (Lipinski definition) is 0. The smallest absolute Gasteiger partial charge is 0.120 e. The van der Waals surface area contributed by atoms with Gasteiger partial charge in [-0.05, 0) is 68.7 Å². The van der Waals surface area contributed by atoms with Crippen LogP contribution < -0.4 is 4.74 Å². The van der Waals surface area contributed by atoms with Crippen LogP contribution in [0.15, 0.2) is 24.8 Å². The summed E-state index contributed by atoms with van der Waals surface area (Å²) >= 11 is 0. The van der Waals surface area contributed by atoms with Gasteiger partial charge in [-0.25, -0.2) is 0 Å². The normalized spacial score (nSPS) is 21.2. The van der Waals surface area contributed by atoms with Crippen LogP contribution in [0.25, 0.3) is 5.57 Å². The molecule has 0 bridgehead atoms. The zero-order valence-corrected chi connectivity index (χ0v) is 14.5. The van der Waals surface area contributed by atoms with Crippen LogP contribution in [-0.2, 0) is 0 Å². The molecule has 0 atom stereocenters. The molecule has 21 heavy (non-hydrogen) atoms. The van der Waals surface area contributed by atoms with E-state index in [4.69, 9.17) is 4.74 Å². The Labute approximate surface area is 131 Å². The molecule has 0 saturated heterocycles. The maximum absolute atomic E-state index is 6.18. The molecule has 0 unspecified atom stereocenters. The largest absolute Gasteiger partial charge is 0.490 e. The molecule has 1 nitrogen and oxygen atoms in total. The summed E-state index contributed by atoms with van der Waals surface area (Å²) in [6.45, 7) is 14.5. The molecule has 0 heterocycles. The van der Waals surface area contributed by atoms with Crippen LogP contribution in [0.4, 0.5) is 0 Å². The van der Waals surface area contributed by atoms with E-state index in [2.05, 4.69) is 38.6 Å². The second-order valence-corrected chi connectivity index (χ2v) is 5.98. The second kappa shape index (κ2) is 8.92. The number of aryl methyl sites for hydroxylation is 1. The topological polar surface area (TPSA) is 9.23 Å². The fourth-order valence-corrected chi connectivity index (χ4v) is 2.91. The molecule has 0 radical (unpaired) electrons. The van der Waals surface area contributed by atoms with E-state index < -0.39 is 0 Å². The Morgan fingerprint density at radius 1 is 1.14 bits per heavy atom. The summed E-state index contributed by atoms with van der Waals surface area (Å²) in [5.41, 5.74) is 3.54. The van der Waals surface area contributed by atoms with E-state index in [1.54, 1.807) is 0 Å². The van der Waals surface area contributed by atoms with Crippen LogP contribution in [0.3, 0.4) is 0 Å². The van der Waals surface area contributed by atoms with Gasteiger partial charge in [0.2, 0.25) is 0 Å². The Morgan fingerprint density at radius 2 is 1.76 bits per heavy atom. The Morgan fingerprint density at radius 3 is 2.29 bits per heavy atom. The zero-order chi connectivity index (χ0) is 15.8. The number of allylic oxidation sites excluding steroid dienone is 1. The molecular weight excluding hydrogens is 256 g/mol. The molecule has 0 aliphatic heterocycles. The number of hydrogen-bond acceptors (Lipinski definition) is 1. The lowest BCUT2D eigenvalue weighted by molar-refractivity contribution is 0.130. The van der Waals surface area contributed by atoms with Gasteiger partial charge in [-0.15, -0.1) is 0 Å². The predicted molar refractivity (Wildman–Crippen MR) is 93.9 cm³/mol. The van der Waals surface area contributed by atoms with Crippen molar-refractivity contribution in [3.05, 3.63) is 35.9 Å². The first-order valence-corrected chi connectivity index (χ1v) is 8.52. The third kappa shape index (κ3) is 5.57. The minimum Gasteiger partial charge on any atom is -0.490 e. The lowest BCUT2D eigenvalue weighted by Crippen LogP contribution is -2.23. The predicted octanol–water partition coefficient (Wildman–Crippen LogP) is 6.40. The minimum atomic E-state index is 0.405. The fraction of sp³-hybridized carbons (Fsp3) is 0.600. The van der Waals surface area contributed by atoms with Crippen molar-refractivity contribution in [2.24, 2.45) is 5.92 Å². The van der Waals surface area contributed by atoms with Gasteiger partial charge in [-0.1, -0.05) is 45.4 Å². The van der Waals surface area contributed by atoms with E-state index in [0.717, 1.165) is 17.2 Å². The summed E-state index contributed by atoms with van der Waals surface area (Å²) in [4.78, 5) is 0. The van der Waals surface area contributed by atoms with Crippen molar-refractivity contribution in [1.29, 1.82) is 0 Å². The molecule has 1 aliphatic rings. The zero-order valence-electron chi connectivity index (χ0n) is 14.5. The lowest BCUT2D eigenvalue weighted by Gasteiger charge is -2.28. The molecule has 0 amide bonds. The Hall–Kier alpha value is -1.24. The molecule has 0 N–H and O–H groups in total. The van der Waals surface area contributed by atoms with Gasteiger partial charge in [-0.3, -0.25) is 0 Å². The maximum atomic E-state index is 6.18. The molecule has 1 saturated carbocycles. The van der Waals surface area contributed by atoms with Crippen LogP contribution in [0.5, 0.6) is 5.75 Å². The highest BCUT2D eigenvalue weighted by Gasteiger charge is 2.21. The van der Waals surface area contributed by atoms with Gasteiger partial charge in [0.1, 0.15) is 5.75 Å².